The Morgan fingerprint density at radius 1 is 1.27 bits per heavy atom. The molecule has 1 heterocycles. The van der Waals surface area contributed by atoms with E-state index in [-0.39, 0.29) is 23.9 Å². The second kappa shape index (κ2) is 12.5. The Morgan fingerprint density at radius 3 is 2.63 bits per heavy atom. The topological polar surface area (TPSA) is 73.5 Å². The van der Waals surface area contributed by atoms with Crippen LogP contribution in [-0.4, -0.2) is 62.0 Å². The number of amides is 2. The van der Waals surface area contributed by atoms with Crippen molar-refractivity contribution in [2.45, 2.75) is 51.6 Å². The van der Waals surface area contributed by atoms with Gasteiger partial charge in [-0.05, 0) is 50.6 Å². The van der Waals surface area contributed by atoms with Crippen LogP contribution in [0.25, 0.3) is 0 Å². The van der Waals surface area contributed by atoms with Gasteiger partial charge in [-0.1, -0.05) is 49.9 Å². The zero-order valence-corrected chi connectivity index (χ0v) is 19.7. The highest BCUT2D eigenvalue weighted by molar-refractivity contribution is 6.42. The molecule has 1 aromatic rings. The molecule has 6 nitrogen and oxygen atoms in total. The van der Waals surface area contributed by atoms with Crippen LogP contribution in [0, 0.1) is 5.92 Å². The maximum atomic E-state index is 13.1. The summed E-state index contributed by atoms with van der Waals surface area (Å²) in [4.78, 5) is 27.6. The summed E-state index contributed by atoms with van der Waals surface area (Å²) in [5.41, 5.74) is 0.469. The molecule has 3 N–H and O–H groups in total. The predicted molar refractivity (Wildman–Crippen MR) is 123 cm³/mol. The molecular formula is C22H34Cl2N4O2. The van der Waals surface area contributed by atoms with Crippen LogP contribution in [0.2, 0.25) is 10.0 Å². The molecule has 0 saturated carbocycles. The zero-order chi connectivity index (χ0) is 22.1. The smallest absolute Gasteiger partial charge is 0.251 e. The molecule has 2 atom stereocenters. The van der Waals surface area contributed by atoms with Crippen molar-refractivity contribution >= 4 is 35.0 Å². The highest BCUT2D eigenvalue weighted by Crippen LogP contribution is 2.22. The number of carbonyl (C=O) groups is 2. The fraction of sp³-hybridized carbons (Fsp3) is 0.636. The van der Waals surface area contributed by atoms with Gasteiger partial charge in [0.2, 0.25) is 5.91 Å². The molecular weight excluding hydrogens is 423 g/mol. The third-order valence-corrected chi connectivity index (χ3v) is 6.54. The normalized spacial score (nSPS) is 19.8. The van der Waals surface area contributed by atoms with E-state index in [9.17, 15) is 9.59 Å². The van der Waals surface area contributed by atoms with Gasteiger partial charge in [-0.15, -0.1) is 0 Å². The lowest BCUT2D eigenvalue weighted by Crippen LogP contribution is -2.50. The van der Waals surface area contributed by atoms with E-state index in [1.165, 1.54) is 0 Å². The molecule has 1 fully saturated rings. The summed E-state index contributed by atoms with van der Waals surface area (Å²) in [6, 6.07) is 4.61. The van der Waals surface area contributed by atoms with Crippen molar-refractivity contribution in [1.82, 2.24) is 20.9 Å². The Balaban J connectivity index is 2.02. The number of nitrogens with zero attached hydrogens (tertiary/aromatic N) is 1. The monoisotopic (exact) mass is 456 g/mol. The van der Waals surface area contributed by atoms with Gasteiger partial charge in [0, 0.05) is 31.2 Å². The van der Waals surface area contributed by atoms with Crippen LogP contribution in [0.5, 0.6) is 0 Å². The second-order valence-corrected chi connectivity index (χ2v) is 8.72. The minimum atomic E-state index is -0.249. The first kappa shape index (κ1) is 24.9. The lowest BCUT2D eigenvalue weighted by molar-refractivity contribution is -0.133. The number of nitrogens with one attached hydrogen (secondary N) is 3. The van der Waals surface area contributed by atoms with Gasteiger partial charge in [0.25, 0.3) is 5.91 Å². The Kier molecular flexibility index (Phi) is 10.4. The average Bonchev–Trinajstić information content (AvgIpc) is 2.89. The maximum absolute atomic E-state index is 13.1. The standard InChI is InChI=1S/C22H34Cl2N4O2/c1-4-15(5-2)14-28-11-9-17(27-20(22(28)30)8-10-25-3)13-26-21(29)16-6-7-18(23)19(24)12-16/h6-7,12,15,17,20,25,27H,4-5,8-11,13-14H2,1-3H3,(H,26,29). The Labute approximate surface area is 190 Å². The van der Waals surface area contributed by atoms with E-state index in [4.69, 9.17) is 23.2 Å². The van der Waals surface area contributed by atoms with E-state index in [1.807, 2.05) is 11.9 Å². The molecule has 0 aliphatic carbocycles. The summed E-state index contributed by atoms with van der Waals surface area (Å²) in [5, 5.41) is 10.3. The molecule has 1 saturated heterocycles. The average molecular weight is 457 g/mol. The van der Waals surface area contributed by atoms with Gasteiger partial charge in [-0.2, -0.15) is 0 Å². The van der Waals surface area contributed by atoms with Crippen LogP contribution in [0.1, 0.15) is 49.9 Å². The van der Waals surface area contributed by atoms with Crippen LogP contribution in [-0.2, 0) is 4.79 Å². The minimum Gasteiger partial charge on any atom is -0.350 e. The van der Waals surface area contributed by atoms with Crippen LogP contribution in [0.4, 0.5) is 0 Å². The Hall–Kier alpha value is -1.34. The molecule has 2 amide bonds. The molecule has 2 unspecified atom stereocenters. The number of carbonyl (C=O) groups excluding carboxylic acids is 2. The van der Waals surface area contributed by atoms with Gasteiger partial charge in [-0.3, -0.25) is 9.59 Å². The van der Waals surface area contributed by atoms with E-state index >= 15 is 0 Å². The van der Waals surface area contributed by atoms with Crippen LogP contribution in [0.3, 0.4) is 0 Å². The van der Waals surface area contributed by atoms with E-state index < -0.39 is 0 Å². The van der Waals surface area contributed by atoms with Crippen LogP contribution in [0.15, 0.2) is 18.2 Å². The fourth-order valence-electron chi connectivity index (χ4n) is 3.73. The first-order valence-corrected chi connectivity index (χ1v) is 11.6. The number of hydrogen-bond acceptors (Lipinski definition) is 4. The molecule has 0 radical (unpaired) electrons. The largest absolute Gasteiger partial charge is 0.350 e. The lowest BCUT2D eigenvalue weighted by atomic mass is 10.0. The Morgan fingerprint density at radius 2 is 2.00 bits per heavy atom. The molecule has 168 valence electrons. The summed E-state index contributed by atoms with van der Waals surface area (Å²) in [6.45, 7) is 7.05. The number of rotatable bonds is 10. The molecule has 30 heavy (non-hydrogen) atoms. The predicted octanol–water partition coefficient (Wildman–Crippen LogP) is 3.33. The van der Waals surface area contributed by atoms with Crippen molar-refractivity contribution in [3.8, 4) is 0 Å². The van der Waals surface area contributed by atoms with Crippen molar-refractivity contribution in [2.75, 3.05) is 33.2 Å². The third kappa shape index (κ3) is 7.12. The van der Waals surface area contributed by atoms with E-state index in [0.29, 0.717) is 41.0 Å². The molecule has 0 spiro atoms. The molecule has 0 bridgehead atoms. The Bertz CT molecular complexity index is 712. The minimum absolute atomic E-state index is 0.0224. The summed E-state index contributed by atoms with van der Waals surface area (Å²) >= 11 is 11.9. The quantitative estimate of drug-likeness (QED) is 0.504. The van der Waals surface area contributed by atoms with Crippen molar-refractivity contribution in [3.63, 3.8) is 0 Å². The van der Waals surface area contributed by atoms with Crippen LogP contribution < -0.4 is 16.0 Å². The van der Waals surface area contributed by atoms with Crippen LogP contribution >= 0.6 is 23.2 Å². The van der Waals surface area contributed by atoms with Crippen molar-refractivity contribution in [3.05, 3.63) is 33.8 Å². The first-order chi connectivity index (χ1) is 14.4. The van der Waals surface area contributed by atoms with E-state index in [2.05, 4.69) is 29.8 Å². The molecule has 1 aliphatic rings. The van der Waals surface area contributed by atoms with Gasteiger partial charge >= 0.3 is 0 Å². The van der Waals surface area contributed by atoms with Gasteiger partial charge in [0.15, 0.2) is 0 Å². The zero-order valence-electron chi connectivity index (χ0n) is 18.1. The highest BCUT2D eigenvalue weighted by atomic mass is 35.5. The maximum Gasteiger partial charge on any atom is 0.251 e. The fourth-order valence-corrected chi connectivity index (χ4v) is 4.03. The second-order valence-electron chi connectivity index (χ2n) is 7.90. The van der Waals surface area contributed by atoms with Gasteiger partial charge in [0.1, 0.15) is 0 Å². The van der Waals surface area contributed by atoms with Crippen molar-refractivity contribution in [1.29, 1.82) is 0 Å². The molecule has 0 aromatic heterocycles. The van der Waals surface area contributed by atoms with E-state index in [0.717, 1.165) is 32.4 Å². The summed E-state index contributed by atoms with van der Waals surface area (Å²) in [5.74, 6) is 0.479. The highest BCUT2D eigenvalue weighted by Gasteiger charge is 2.31. The van der Waals surface area contributed by atoms with Crippen molar-refractivity contribution < 1.29 is 9.59 Å². The number of halogens is 2. The first-order valence-electron chi connectivity index (χ1n) is 10.8. The third-order valence-electron chi connectivity index (χ3n) is 5.80. The van der Waals surface area contributed by atoms with Crippen molar-refractivity contribution in [2.24, 2.45) is 5.92 Å². The molecule has 1 aromatic carbocycles. The summed E-state index contributed by atoms with van der Waals surface area (Å²) < 4.78 is 0. The summed E-state index contributed by atoms with van der Waals surface area (Å²) in [7, 11) is 1.89. The molecule has 1 aliphatic heterocycles. The number of hydrogen-bond donors (Lipinski definition) is 3. The summed E-state index contributed by atoms with van der Waals surface area (Å²) in [6.07, 6.45) is 3.64. The lowest BCUT2D eigenvalue weighted by Gasteiger charge is -2.28. The number of benzene rings is 1. The SMILES string of the molecule is CCC(CC)CN1CCC(CNC(=O)c2ccc(Cl)c(Cl)c2)NC(CCNC)C1=O. The van der Waals surface area contributed by atoms with Gasteiger partial charge in [-0.25, -0.2) is 0 Å². The molecule has 8 heteroatoms. The van der Waals surface area contributed by atoms with E-state index in [1.54, 1.807) is 18.2 Å². The van der Waals surface area contributed by atoms with Gasteiger partial charge < -0.3 is 20.9 Å². The molecule has 2 rings (SSSR count). The van der Waals surface area contributed by atoms with Gasteiger partial charge in [0.05, 0.1) is 16.1 Å².